The summed E-state index contributed by atoms with van der Waals surface area (Å²) in [5.74, 6) is -0.480. The molecule has 7 nitrogen and oxygen atoms in total. The minimum Gasteiger partial charge on any atom is -0.490 e. The highest BCUT2D eigenvalue weighted by atomic mass is 16.5. The lowest BCUT2D eigenvalue weighted by Gasteiger charge is -2.12. The highest BCUT2D eigenvalue weighted by molar-refractivity contribution is 6.39. The molecule has 2 amide bonds. The second-order valence-corrected chi connectivity index (χ2v) is 7.39. The highest BCUT2D eigenvalue weighted by Gasteiger charge is 2.14. The molecule has 0 saturated carbocycles. The van der Waals surface area contributed by atoms with Gasteiger partial charge in [-0.05, 0) is 67.3 Å². The molecular weight excluding hydrogens is 418 g/mol. The predicted molar refractivity (Wildman–Crippen MR) is 129 cm³/mol. The van der Waals surface area contributed by atoms with Crippen LogP contribution in [0.1, 0.15) is 29.2 Å². The van der Waals surface area contributed by atoms with E-state index in [0.717, 1.165) is 16.7 Å². The fourth-order valence-corrected chi connectivity index (χ4v) is 2.99. The largest absolute Gasteiger partial charge is 0.490 e. The molecule has 7 heteroatoms. The number of rotatable bonds is 8. The number of carbonyl (C=O) groups is 2. The maximum absolute atomic E-state index is 12.2. The molecule has 0 aliphatic heterocycles. The van der Waals surface area contributed by atoms with Gasteiger partial charge in [0.2, 0.25) is 0 Å². The van der Waals surface area contributed by atoms with Crippen LogP contribution in [-0.4, -0.2) is 24.6 Å². The second-order valence-electron chi connectivity index (χ2n) is 7.39. The highest BCUT2D eigenvalue weighted by Crippen LogP contribution is 2.29. The first-order valence-corrected chi connectivity index (χ1v) is 10.6. The summed E-state index contributed by atoms with van der Waals surface area (Å²) in [6, 6.07) is 20.8. The topological polar surface area (TPSA) is 89.0 Å². The van der Waals surface area contributed by atoms with E-state index >= 15 is 0 Å². The van der Waals surface area contributed by atoms with Crippen LogP contribution in [0.2, 0.25) is 0 Å². The molecule has 0 fully saturated rings. The molecule has 0 spiro atoms. The van der Waals surface area contributed by atoms with E-state index in [9.17, 15) is 9.59 Å². The first-order chi connectivity index (χ1) is 16.0. The third kappa shape index (κ3) is 6.93. The van der Waals surface area contributed by atoms with Crippen LogP contribution in [0.25, 0.3) is 0 Å². The summed E-state index contributed by atoms with van der Waals surface area (Å²) < 4.78 is 11.6. The number of benzene rings is 3. The molecule has 0 heterocycles. The maximum Gasteiger partial charge on any atom is 0.329 e. The molecule has 0 bridgehead atoms. The Bertz CT molecular complexity index is 1140. The van der Waals surface area contributed by atoms with Gasteiger partial charge in [-0.3, -0.25) is 9.59 Å². The van der Waals surface area contributed by atoms with Crippen molar-refractivity contribution in [1.82, 2.24) is 5.43 Å². The number of carbonyl (C=O) groups excluding carboxylic acids is 2. The Morgan fingerprint density at radius 2 is 1.70 bits per heavy atom. The van der Waals surface area contributed by atoms with Crippen molar-refractivity contribution in [2.24, 2.45) is 5.10 Å². The normalized spacial score (nSPS) is 10.6. The maximum atomic E-state index is 12.2. The minimum absolute atomic E-state index is 0.417. The molecule has 0 aliphatic rings. The van der Waals surface area contributed by atoms with E-state index in [4.69, 9.17) is 9.47 Å². The van der Waals surface area contributed by atoms with E-state index in [1.165, 1.54) is 6.21 Å². The standard InChI is InChI=1S/C26H27N3O4/c1-4-32-24-15-21(12-13-23(24)33-17-20-8-6-5-7-9-20)16-27-29-26(31)25(30)28-22-14-18(2)10-11-19(22)3/h5-16H,4,17H2,1-3H3,(H,28,30)(H,29,31). The van der Waals surface area contributed by atoms with Crippen molar-refractivity contribution in [2.45, 2.75) is 27.4 Å². The SMILES string of the molecule is CCOc1cc(C=NNC(=O)C(=O)Nc2cc(C)ccc2C)ccc1OCc1ccccc1. The van der Waals surface area contributed by atoms with Crippen molar-refractivity contribution in [3.05, 3.63) is 89.0 Å². The minimum atomic E-state index is -0.861. The molecule has 33 heavy (non-hydrogen) atoms. The van der Waals surface area contributed by atoms with Crippen LogP contribution < -0.4 is 20.2 Å². The quantitative estimate of drug-likeness (QED) is 0.306. The van der Waals surface area contributed by atoms with Gasteiger partial charge in [-0.1, -0.05) is 42.5 Å². The molecule has 3 rings (SSSR count). The number of ether oxygens (including phenoxy) is 2. The zero-order valence-electron chi connectivity index (χ0n) is 18.9. The van der Waals surface area contributed by atoms with Gasteiger partial charge < -0.3 is 14.8 Å². The number of anilines is 1. The van der Waals surface area contributed by atoms with Crippen molar-refractivity contribution < 1.29 is 19.1 Å². The van der Waals surface area contributed by atoms with Gasteiger partial charge in [0.25, 0.3) is 0 Å². The first kappa shape index (κ1) is 23.5. The van der Waals surface area contributed by atoms with Crippen LogP contribution in [0.5, 0.6) is 11.5 Å². The van der Waals surface area contributed by atoms with Crippen molar-refractivity contribution in [1.29, 1.82) is 0 Å². The lowest BCUT2D eigenvalue weighted by Crippen LogP contribution is -2.32. The van der Waals surface area contributed by atoms with Crippen LogP contribution in [0.4, 0.5) is 5.69 Å². The summed E-state index contributed by atoms with van der Waals surface area (Å²) >= 11 is 0. The third-order valence-electron chi connectivity index (χ3n) is 4.73. The molecular formula is C26H27N3O4. The van der Waals surface area contributed by atoms with Crippen molar-refractivity contribution >= 4 is 23.7 Å². The number of hydrogen-bond donors (Lipinski definition) is 2. The van der Waals surface area contributed by atoms with Crippen molar-refractivity contribution in [3.63, 3.8) is 0 Å². The average molecular weight is 446 g/mol. The molecule has 0 unspecified atom stereocenters. The van der Waals surface area contributed by atoms with Gasteiger partial charge in [0.05, 0.1) is 12.8 Å². The molecule has 170 valence electrons. The Kier molecular flexibility index (Phi) is 8.18. The van der Waals surface area contributed by atoms with Crippen molar-refractivity contribution in [2.75, 3.05) is 11.9 Å². The van der Waals surface area contributed by atoms with Crippen LogP contribution in [0, 0.1) is 13.8 Å². The number of nitrogens with zero attached hydrogens (tertiary/aromatic N) is 1. The Labute approximate surface area is 193 Å². The molecule has 3 aromatic rings. The Balaban J connectivity index is 1.60. The summed E-state index contributed by atoms with van der Waals surface area (Å²) in [5.41, 5.74) is 6.41. The summed E-state index contributed by atoms with van der Waals surface area (Å²) in [7, 11) is 0. The first-order valence-electron chi connectivity index (χ1n) is 10.6. The summed E-state index contributed by atoms with van der Waals surface area (Å²) in [5, 5.41) is 6.49. The van der Waals surface area contributed by atoms with Gasteiger partial charge >= 0.3 is 11.8 Å². The van der Waals surface area contributed by atoms with E-state index in [1.54, 1.807) is 24.3 Å². The predicted octanol–water partition coefficient (Wildman–Crippen LogP) is 4.37. The van der Waals surface area contributed by atoms with Gasteiger partial charge in [-0.2, -0.15) is 5.10 Å². The lowest BCUT2D eigenvalue weighted by atomic mass is 10.1. The Morgan fingerprint density at radius 3 is 2.45 bits per heavy atom. The van der Waals surface area contributed by atoms with Crippen LogP contribution in [0.15, 0.2) is 71.8 Å². The zero-order chi connectivity index (χ0) is 23.6. The molecule has 0 saturated heterocycles. The fourth-order valence-electron chi connectivity index (χ4n) is 2.99. The molecule has 0 aliphatic carbocycles. The van der Waals surface area contributed by atoms with Crippen LogP contribution >= 0.6 is 0 Å². The molecule has 0 aromatic heterocycles. The fraction of sp³-hybridized carbons (Fsp3) is 0.192. The van der Waals surface area contributed by atoms with Gasteiger partial charge in [0.1, 0.15) is 6.61 Å². The monoisotopic (exact) mass is 445 g/mol. The zero-order valence-corrected chi connectivity index (χ0v) is 18.9. The number of hydrogen-bond acceptors (Lipinski definition) is 5. The van der Waals surface area contributed by atoms with E-state index in [2.05, 4.69) is 15.8 Å². The number of amides is 2. The van der Waals surface area contributed by atoms with Crippen LogP contribution in [-0.2, 0) is 16.2 Å². The summed E-state index contributed by atoms with van der Waals surface area (Å²) in [6.07, 6.45) is 1.44. The molecule has 2 N–H and O–H groups in total. The number of aryl methyl sites for hydroxylation is 2. The Hall–Kier alpha value is -4.13. The van der Waals surface area contributed by atoms with E-state index in [1.807, 2.05) is 63.2 Å². The average Bonchev–Trinajstić information content (AvgIpc) is 2.81. The lowest BCUT2D eigenvalue weighted by molar-refractivity contribution is -0.136. The third-order valence-corrected chi connectivity index (χ3v) is 4.73. The Morgan fingerprint density at radius 1 is 0.909 bits per heavy atom. The summed E-state index contributed by atoms with van der Waals surface area (Å²) in [4.78, 5) is 24.3. The molecule has 3 aromatic carbocycles. The van der Waals surface area contributed by atoms with E-state index < -0.39 is 11.8 Å². The smallest absolute Gasteiger partial charge is 0.329 e. The van der Waals surface area contributed by atoms with E-state index in [-0.39, 0.29) is 0 Å². The molecule has 0 atom stereocenters. The van der Waals surface area contributed by atoms with Gasteiger partial charge in [0, 0.05) is 5.69 Å². The second kappa shape index (κ2) is 11.5. The molecule has 0 radical (unpaired) electrons. The van der Waals surface area contributed by atoms with Gasteiger partial charge in [-0.15, -0.1) is 0 Å². The number of hydrazone groups is 1. The van der Waals surface area contributed by atoms with Gasteiger partial charge in [0.15, 0.2) is 11.5 Å². The van der Waals surface area contributed by atoms with E-state index in [0.29, 0.717) is 36.0 Å². The summed E-state index contributed by atoms with van der Waals surface area (Å²) in [6.45, 7) is 6.54. The van der Waals surface area contributed by atoms with Gasteiger partial charge in [-0.25, -0.2) is 5.43 Å². The van der Waals surface area contributed by atoms with Crippen LogP contribution in [0.3, 0.4) is 0 Å². The number of nitrogens with one attached hydrogen (secondary N) is 2. The van der Waals surface area contributed by atoms with Crippen molar-refractivity contribution in [3.8, 4) is 11.5 Å².